The van der Waals surface area contributed by atoms with Gasteiger partial charge in [-0.15, -0.1) is 0 Å². The van der Waals surface area contributed by atoms with Gasteiger partial charge in [-0.2, -0.15) is 0 Å². The van der Waals surface area contributed by atoms with Crippen LogP contribution in [0.2, 0.25) is 5.02 Å². The van der Waals surface area contributed by atoms with Gasteiger partial charge < -0.3 is 19.5 Å². The van der Waals surface area contributed by atoms with E-state index in [0.29, 0.717) is 33.8 Å². The Morgan fingerprint density at radius 2 is 1.91 bits per heavy atom. The van der Waals surface area contributed by atoms with Gasteiger partial charge in [-0.05, 0) is 35.9 Å². The van der Waals surface area contributed by atoms with Gasteiger partial charge in [0.2, 0.25) is 18.6 Å². The summed E-state index contributed by atoms with van der Waals surface area (Å²) in [4.78, 5) is 51.7. The molecule has 2 aromatic carbocycles. The lowest BCUT2D eigenvalue weighted by Crippen LogP contribution is -2.44. The summed E-state index contributed by atoms with van der Waals surface area (Å²) in [6.45, 7) is 0.0273. The number of amides is 3. The van der Waals surface area contributed by atoms with Gasteiger partial charge in [-0.1, -0.05) is 23.7 Å². The summed E-state index contributed by atoms with van der Waals surface area (Å²) in [7, 11) is 0. The molecule has 32 heavy (non-hydrogen) atoms. The highest BCUT2D eigenvalue weighted by Gasteiger charge is 2.44. The van der Waals surface area contributed by atoms with Gasteiger partial charge in [0.15, 0.2) is 11.5 Å². The Morgan fingerprint density at radius 1 is 1.12 bits per heavy atom. The van der Waals surface area contributed by atoms with E-state index >= 15 is 0 Å². The molecule has 2 aromatic rings. The molecule has 10 heteroatoms. The molecule has 2 heterocycles. The number of ether oxygens (including phenoxy) is 2. The highest BCUT2D eigenvalue weighted by atomic mass is 35.5. The number of fused-ring (bicyclic) bond motifs is 1. The number of carbonyl (C=O) groups is 4. The average molecular weight is 457 g/mol. The van der Waals surface area contributed by atoms with Crippen LogP contribution in [0.15, 0.2) is 54.6 Å². The maximum atomic E-state index is 13.2. The number of imide groups is 1. The van der Waals surface area contributed by atoms with Crippen LogP contribution in [0.1, 0.15) is 12.0 Å². The molecule has 1 N–H and O–H groups in total. The molecule has 0 aliphatic carbocycles. The zero-order chi connectivity index (χ0) is 22.8. The first kappa shape index (κ1) is 21.4. The highest BCUT2D eigenvalue weighted by Crippen LogP contribution is 2.34. The van der Waals surface area contributed by atoms with Gasteiger partial charge in [0.25, 0.3) is 5.91 Å². The number of hydrogen-bond donors (Lipinski definition) is 1. The summed E-state index contributed by atoms with van der Waals surface area (Å²) in [6.07, 6.45) is 1.29. The van der Waals surface area contributed by atoms with Gasteiger partial charge in [0, 0.05) is 23.7 Å². The number of benzene rings is 2. The highest BCUT2D eigenvalue weighted by molar-refractivity contribution is 6.31. The van der Waals surface area contributed by atoms with Gasteiger partial charge in [0.05, 0.1) is 12.1 Å². The maximum Gasteiger partial charge on any atom is 0.328 e. The molecule has 0 unspecified atom stereocenters. The van der Waals surface area contributed by atoms with Crippen LogP contribution in [0, 0.1) is 0 Å². The number of halogens is 1. The van der Waals surface area contributed by atoms with Crippen molar-refractivity contribution in [3.63, 3.8) is 0 Å². The number of anilines is 1. The Bertz CT molecular complexity index is 1150. The molecular weight excluding hydrogens is 440 g/mol. The van der Waals surface area contributed by atoms with Crippen LogP contribution in [0.4, 0.5) is 5.69 Å². The SMILES string of the molecule is O=C(O)/C=C/C(=O)N(Cc1ccc2c(c1)OCO2)[C@@H]1CC(=O)N(c2cccc(Cl)c2)C1=O. The van der Waals surface area contributed by atoms with Crippen molar-refractivity contribution in [2.45, 2.75) is 19.0 Å². The number of rotatable bonds is 6. The largest absolute Gasteiger partial charge is 0.478 e. The van der Waals surface area contributed by atoms with E-state index in [1.807, 2.05) is 0 Å². The van der Waals surface area contributed by atoms with E-state index in [-0.39, 0.29) is 19.8 Å². The van der Waals surface area contributed by atoms with Gasteiger partial charge in [-0.3, -0.25) is 14.4 Å². The van der Waals surface area contributed by atoms with Gasteiger partial charge >= 0.3 is 5.97 Å². The fourth-order valence-electron chi connectivity index (χ4n) is 3.56. The third kappa shape index (κ3) is 4.28. The monoisotopic (exact) mass is 456 g/mol. The molecule has 0 saturated carbocycles. The van der Waals surface area contributed by atoms with E-state index in [4.69, 9.17) is 26.2 Å². The van der Waals surface area contributed by atoms with Crippen molar-refractivity contribution in [3.05, 3.63) is 65.2 Å². The molecule has 9 nitrogen and oxygen atoms in total. The third-order valence-corrected chi connectivity index (χ3v) is 5.24. The standard InChI is InChI=1S/C22H17ClN2O7/c23-14-2-1-3-15(9-14)25-20(27)10-16(22(25)30)24(19(26)6-7-21(28)29)11-13-4-5-17-18(8-13)32-12-31-17/h1-9,16H,10-12H2,(H,28,29)/b7-6+/t16-/m1/s1. The van der Waals surface area contributed by atoms with E-state index in [0.717, 1.165) is 11.0 Å². The zero-order valence-electron chi connectivity index (χ0n) is 16.6. The fourth-order valence-corrected chi connectivity index (χ4v) is 3.75. The number of hydrogen-bond acceptors (Lipinski definition) is 6. The average Bonchev–Trinajstić information content (AvgIpc) is 3.33. The molecule has 164 valence electrons. The molecule has 1 fully saturated rings. The van der Waals surface area contributed by atoms with Crippen LogP contribution < -0.4 is 14.4 Å². The lowest BCUT2D eigenvalue weighted by Gasteiger charge is -2.27. The van der Waals surface area contributed by atoms with E-state index in [2.05, 4.69) is 0 Å². The number of carboxylic acid groups (broad SMARTS) is 1. The van der Waals surface area contributed by atoms with Crippen LogP contribution in [0.5, 0.6) is 11.5 Å². The van der Waals surface area contributed by atoms with Crippen molar-refractivity contribution < 1.29 is 33.8 Å². The van der Waals surface area contributed by atoms with Crippen molar-refractivity contribution in [2.24, 2.45) is 0 Å². The van der Waals surface area contributed by atoms with E-state index in [1.165, 1.54) is 11.0 Å². The first-order chi connectivity index (χ1) is 15.3. The number of carboxylic acids is 1. The van der Waals surface area contributed by atoms with Crippen LogP contribution in [-0.2, 0) is 25.7 Å². The number of carbonyl (C=O) groups excluding carboxylic acids is 3. The van der Waals surface area contributed by atoms with E-state index in [1.54, 1.807) is 36.4 Å². The number of nitrogens with zero attached hydrogens (tertiary/aromatic N) is 2. The Hall–Kier alpha value is -3.85. The Balaban J connectivity index is 1.65. The quantitative estimate of drug-likeness (QED) is 0.524. The molecule has 2 aliphatic rings. The molecule has 0 spiro atoms. The molecule has 1 atom stereocenters. The summed E-state index contributed by atoms with van der Waals surface area (Å²) >= 11 is 5.99. The minimum absolute atomic E-state index is 0.0491. The molecule has 1 saturated heterocycles. The maximum absolute atomic E-state index is 13.2. The van der Waals surface area contributed by atoms with E-state index in [9.17, 15) is 19.2 Å². The van der Waals surface area contributed by atoms with Crippen molar-refractivity contribution >= 4 is 41.0 Å². The topological polar surface area (TPSA) is 113 Å². The van der Waals surface area contributed by atoms with Gasteiger partial charge in [0.1, 0.15) is 6.04 Å². The second-order valence-electron chi connectivity index (χ2n) is 7.09. The zero-order valence-corrected chi connectivity index (χ0v) is 17.3. The molecule has 3 amide bonds. The molecule has 0 aromatic heterocycles. The predicted molar refractivity (Wildman–Crippen MR) is 112 cm³/mol. The van der Waals surface area contributed by atoms with Crippen molar-refractivity contribution in [2.75, 3.05) is 11.7 Å². The number of aliphatic carboxylic acids is 1. The van der Waals surface area contributed by atoms with Crippen LogP contribution in [0.25, 0.3) is 0 Å². The van der Waals surface area contributed by atoms with E-state index < -0.39 is 29.7 Å². The molecule has 4 rings (SSSR count). The van der Waals surface area contributed by atoms with Gasteiger partial charge in [-0.25, -0.2) is 9.69 Å². The smallest absolute Gasteiger partial charge is 0.328 e. The fraction of sp³-hybridized carbons (Fsp3) is 0.182. The summed E-state index contributed by atoms with van der Waals surface area (Å²) in [5.74, 6) is -2.08. The summed E-state index contributed by atoms with van der Waals surface area (Å²) in [6, 6.07) is 10.2. The minimum atomic E-state index is -1.31. The first-order valence-electron chi connectivity index (χ1n) is 9.56. The normalized spacial score (nSPS) is 17.3. The molecule has 2 aliphatic heterocycles. The predicted octanol–water partition coefficient (Wildman–Crippen LogP) is 2.37. The minimum Gasteiger partial charge on any atom is -0.478 e. The van der Waals surface area contributed by atoms with Crippen LogP contribution in [-0.4, -0.2) is 46.5 Å². The lowest BCUT2D eigenvalue weighted by atomic mass is 10.1. The molecule has 0 bridgehead atoms. The van der Waals surface area contributed by atoms with Crippen molar-refractivity contribution in [1.82, 2.24) is 4.90 Å². The van der Waals surface area contributed by atoms with Crippen molar-refractivity contribution in [1.29, 1.82) is 0 Å². The Labute approximate surface area is 187 Å². The summed E-state index contributed by atoms with van der Waals surface area (Å²) in [5, 5.41) is 9.24. The van der Waals surface area contributed by atoms with Crippen LogP contribution >= 0.6 is 11.6 Å². The summed E-state index contributed by atoms with van der Waals surface area (Å²) in [5.41, 5.74) is 0.916. The Kier molecular flexibility index (Phi) is 5.83. The van der Waals surface area contributed by atoms with Crippen molar-refractivity contribution in [3.8, 4) is 11.5 Å². The molecule has 0 radical (unpaired) electrons. The second kappa shape index (κ2) is 8.72. The van der Waals surface area contributed by atoms with Crippen LogP contribution in [0.3, 0.4) is 0 Å². The lowest BCUT2D eigenvalue weighted by molar-refractivity contribution is -0.135. The first-order valence-corrected chi connectivity index (χ1v) is 9.94. The summed E-state index contributed by atoms with van der Waals surface area (Å²) < 4.78 is 10.6. The Morgan fingerprint density at radius 3 is 2.66 bits per heavy atom. The molecular formula is C22H17ClN2O7. The second-order valence-corrected chi connectivity index (χ2v) is 7.53. The third-order valence-electron chi connectivity index (χ3n) is 5.01.